The quantitative estimate of drug-likeness (QED) is 0.749. The Bertz CT molecular complexity index is 291. The molecule has 0 aliphatic rings. The van der Waals surface area contributed by atoms with Gasteiger partial charge in [0.15, 0.2) is 0 Å². The molecule has 84 valence electrons. The highest BCUT2D eigenvalue weighted by Gasteiger charge is 2.11. The number of rotatable bonds is 6. The Balaban J connectivity index is 2.61. The summed E-state index contributed by atoms with van der Waals surface area (Å²) in [6.07, 6.45) is 2.99. The van der Waals surface area contributed by atoms with Crippen LogP contribution < -0.4 is 5.32 Å². The van der Waals surface area contributed by atoms with E-state index in [4.69, 9.17) is 0 Å². The van der Waals surface area contributed by atoms with Crippen LogP contribution in [0.1, 0.15) is 24.9 Å². The van der Waals surface area contributed by atoms with E-state index >= 15 is 0 Å². The summed E-state index contributed by atoms with van der Waals surface area (Å²) in [5.74, 6) is 0.950. The summed E-state index contributed by atoms with van der Waals surface area (Å²) in [4.78, 5) is 0. The van der Waals surface area contributed by atoms with Crippen molar-refractivity contribution in [1.82, 2.24) is 5.32 Å². The van der Waals surface area contributed by atoms with Crippen LogP contribution in [0.2, 0.25) is 0 Å². The largest absolute Gasteiger partial charge is 0.309 e. The summed E-state index contributed by atoms with van der Waals surface area (Å²) in [6, 6.07) is 7.13. The molecule has 0 saturated carbocycles. The summed E-state index contributed by atoms with van der Waals surface area (Å²) in [6.45, 7) is 3.00. The SMILES string of the molecule is CCC(NCCSC)c1ccccc1F. The van der Waals surface area contributed by atoms with Gasteiger partial charge in [-0.25, -0.2) is 4.39 Å². The third-order valence-corrected chi connectivity index (χ3v) is 3.00. The number of nitrogens with one attached hydrogen (secondary N) is 1. The van der Waals surface area contributed by atoms with Crippen molar-refractivity contribution < 1.29 is 4.39 Å². The van der Waals surface area contributed by atoms with Crippen molar-refractivity contribution in [1.29, 1.82) is 0 Å². The minimum atomic E-state index is -0.110. The van der Waals surface area contributed by atoms with E-state index in [1.165, 1.54) is 6.07 Å². The fraction of sp³-hybridized carbons (Fsp3) is 0.500. The smallest absolute Gasteiger partial charge is 0.127 e. The van der Waals surface area contributed by atoms with Gasteiger partial charge in [-0.2, -0.15) is 11.8 Å². The molecule has 3 heteroatoms. The van der Waals surface area contributed by atoms with Gasteiger partial charge in [0.05, 0.1) is 0 Å². The second-order valence-corrected chi connectivity index (χ2v) is 4.41. The van der Waals surface area contributed by atoms with E-state index in [1.54, 1.807) is 17.8 Å². The number of hydrogen-bond acceptors (Lipinski definition) is 2. The molecule has 1 nitrogen and oxygen atoms in total. The van der Waals surface area contributed by atoms with E-state index in [-0.39, 0.29) is 11.9 Å². The van der Waals surface area contributed by atoms with Gasteiger partial charge >= 0.3 is 0 Å². The Morgan fingerprint density at radius 1 is 1.40 bits per heavy atom. The average molecular weight is 227 g/mol. The van der Waals surface area contributed by atoms with Crippen LogP contribution in [0.5, 0.6) is 0 Å². The van der Waals surface area contributed by atoms with Gasteiger partial charge in [0.25, 0.3) is 0 Å². The highest BCUT2D eigenvalue weighted by atomic mass is 32.2. The maximum absolute atomic E-state index is 13.5. The van der Waals surface area contributed by atoms with Gasteiger partial charge in [-0.1, -0.05) is 25.1 Å². The minimum absolute atomic E-state index is 0.110. The highest BCUT2D eigenvalue weighted by molar-refractivity contribution is 7.98. The predicted octanol–water partition coefficient (Wildman–Crippen LogP) is 3.23. The number of thioether (sulfide) groups is 1. The molecule has 1 N–H and O–H groups in total. The van der Waals surface area contributed by atoms with E-state index in [1.807, 2.05) is 12.1 Å². The molecule has 15 heavy (non-hydrogen) atoms. The van der Waals surface area contributed by atoms with E-state index < -0.39 is 0 Å². The van der Waals surface area contributed by atoms with Crippen LogP contribution in [0.25, 0.3) is 0 Å². The van der Waals surface area contributed by atoms with Gasteiger partial charge < -0.3 is 5.32 Å². The summed E-state index contributed by atoms with van der Waals surface area (Å²) in [5.41, 5.74) is 0.779. The van der Waals surface area contributed by atoms with Gasteiger partial charge in [0.1, 0.15) is 5.82 Å². The average Bonchev–Trinajstić information content (AvgIpc) is 2.26. The lowest BCUT2D eigenvalue weighted by molar-refractivity contribution is 0.503. The van der Waals surface area contributed by atoms with Gasteiger partial charge in [-0.3, -0.25) is 0 Å². The minimum Gasteiger partial charge on any atom is -0.309 e. The topological polar surface area (TPSA) is 12.0 Å². The van der Waals surface area contributed by atoms with Crippen molar-refractivity contribution in [3.8, 4) is 0 Å². The predicted molar refractivity (Wildman–Crippen MR) is 65.8 cm³/mol. The molecule has 0 aliphatic carbocycles. The monoisotopic (exact) mass is 227 g/mol. The van der Waals surface area contributed by atoms with Gasteiger partial charge in [0, 0.05) is 23.9 Å². The van der Waals surface area contributed by atoms with E-state index in [2.05, 4.69) is 18.5 Å². The van der Waals surface area contributed by atoms with Gasteiger partial charge in [0.2, 0.25) is 0 Å². The highest BCUT2D eigenvalue weighted by Crippen LogP contribution is 2.19. The van der Waals surface area contributed by atoms with Crippen molar-refractivity contribution in [2.75, 3.05) is 18.6 Å². The molecule has 0 spiro atoms. The zero-order valence-corrected chi connectivity index (χ0v) is 10.1. The summed E-state index contributed by atoms with van der Waals surface area (Å²) >= 11 is 1.80. The fourth-order valence-electron chi connectivity index (χ4n) is 1.57. The Morgan fingerprint density at radius 3 is 2.73 bits per heavy atom. The fourth-order valence-corrected chi connectivity index (χ4v) is 1.89. The van der Waals surface area contributed by atoms with E-state index in [0.717, 1.165) is 24.3 Å². The third-order valence-electron chi connectivity index (χ3n) is 2.39. The first-order valence-corrected chi connectivity index (χ1v) is 6.65. The molecule has 0 amide bonds. The standard InChI is InChI=1S/C12H18FNS/c1-3-12(14-8-9-15-2)10-6-4-5-7-11(10)13/h4-7,12,14H,3,8-9H2,1-2H3. The lowest BCUT2D eigenvalue weighted by Crippen LogP contribution is -2.24. The van der Waals surface area contributed by atoms with Crippen LogP contribution in [0, 0.1) is 5.82 Å². The van der Waals surface area contributed by atoms with Gasteiger partial charge in [-0.05, 0) is 18.7 Å². The van der Waals surface area contributed by atoms with Crippen molar-refractivity contribution in [2.45, 2.75) is 19.4 Å². The van der Waals surface area contributed by atoms with Gasteiger partial charge in [-0.15, -0.1) is 0 Å². The molecule has 0 fully saturated rings. The summed E-state index contributed by atoms with van der Waals surface area (Å²) in [7, 11) is 0. The Hall–Kier alpha value is -0.540. The molecule has 1 atom stereocenters. The molecule has 1 rings (SSSR count). The Morgan fingerprint density at radius 2 is 2.13 bits per heavy atom. The molecular formula is C12H18FNS. The van der Waals surface area contributed by atoms with Crippen molar-refractivity contribution in [3.05, 3.63) is 35.6 Å². The summed E-state index contributed by atoms with van der Waals surface area (Å²) in [5, 5.41) is 3.37. The van der Waals surface area contributed by atoms with Crippen molar-refractivity contribution in [3.63, 3.8) is 0 Å². The Labute approximate surface area is 95.5 Å². The maximum atomic E-state index is 13.5. The van der Waals surface area contributed by atoms with Crippen molar-refractivity contribution in [2.24, 2.45) is 0 Å². The van der Waals surface area contributed by atoms with Crippen LogP contribution in [0.3, 0.4) is 0 Å². The van der Waals surface area contributed by atoms with Crippen LogP contribution in [0.4, 0.5) is 4.39 Å². The number of hydrogen-bond donors (Lipinski definition) is 1. The Kier molecular flexibility index (Phi) is 5.73. The molecular weight excluding hydrogens is 209 g/mol. The van der Waals surface area contributed by atoms with E-state index in [9.17, 15) is 4.39 Å². The number of halogens is 1. The molecule has 1 unspecified atom stereocenters. The molecule has 0 bridgehead atoms. The van der Waals surface area contributed by atoms with Crippen LogP contribution in [-0.2, 0) is 0 Å². The van der Waals surface area contributed by atoms with Crippen LogP contribution >= 0.6 is 11.8 Å². The first-order valence-electron chi connectivity index (χ1n) is 5.26. The van der Waals surface area contributed by atoms with Crippen LogP contribution in [0.15, 0.2) is 24.3 Å². The molecule has 1 aromatic rings. The first-order chi connectivity index (χ1) is 7.29. The molecule has 0 saturated heterocycles. The zero-order chi connectivity index (χ0) is 11.1. The van der Waals surface area contributed by atoms with Crippen molar-refractivity contribution >= 4 is 11.8 Å². The third kappa shape index (κ3) is 3.84. The second kappa shape index (κ2) is 6.85. The first kappa shape index (κ1) is 12.5. The summed E-state index contributed by atoms with van der Waals surface area (Å²) < 4.78 is 13.5. The normalized spacial score (nSPS) is 12.7. The molecule has 0 radical (unpaired) electrons. The maximum Gasteiger partial charge on any atom is 0.127 e. The molecule has 0 aromatic heterocycles. The molecule has 1 aromatic carbocycles. The lowest BCUT2D eigenvalue weighted by Gasteiger charge is -2.17. The zero-order valence-electron chi connectivity index (χ0n) is 9.29. The number of benzene rings is 1. The molecule has 0 aliphatic heterocycles. The molecule has 0 heterocycles. The van der Waals surface area contributed by atoms with E-state index in [0.29, 0.717) is 0 Å². The lowest BCUT2D eigenvalue weighted by atomic mass is 10.0. The second-order valence-electron chi connectivity index (χ2n) is 3.43. The van der Waals surface area contributed by atoms with Crippen LogP contribution in [-0.4, -0.2) is 18.6 Å².